The molecule has 1 saturated heterocycles. The van der Waals surface area contributed by atoms with Gasteiger partial charge in [0.1, 0.15) is 12.1 Å². The first-order chi connectivity index (χ1) is 13.9. The molecule has 0 unspecified atom stereocenters. The molecule has 1 saturated carbocycles. The Morgan fingerprint density at radius 3 is 2.48 bits per heavy atom. The SMILES string of the molecule is CCN(CC)[C@@H](CNC(=O)CN1C(=O)N[C@](C)(C2CC2)C1=O)Cc1ccccc1. The lowest BCUT2D eigenvalue weighted by Gasteiger charge is -2.30. The summed E-state index contributed by atoms with van der Waals surface area (Å²) < 4.78 is 0. The van der Waals surface area contributed by atoms with Crippen LogP contribution in [-0.2, 0) is 16.0 Å². The normalized spacial score (nSPS) is 22.7. The predicted molar refractivity (Wildman–Crippen MR) is 111 cm³/mol. The minimum Gasteiger partial charge on any atom is -0.353 e. The molecule has 29 heavy (non-hydrogen) atoms. The van der Waals surface area contributed by atoms with Gasteiger partial charge in [-0.1, -0.05) is 44.2 Å². The summed E-state index contributed by atoms with van der Waals surface area (Å²) in [6.45, 7) is 7.99. The van der Waals surface area contributed by atoms with Crippen LogP contribution in [0.15, 0.2) is 30.3 Å². The number of likely N-dealkylation sites (N-methyl/N-ethyl adjacent to an activating group) is 1. The molecule has 3 rings (SSSR count). The van der Waals surface area contributed by atoms with Crippen molar-refractivity contribution in [1.82, 2.24) is 20.4 Å². The number of rotatable bonds is 10. The molecule has 158 valence electrons. The van der Waals surface area contributed by atoms with E-state index in [2.05, 4.69) is 41.5 Å². The van der Waals surface area contributed by atoms with E-state index in [1.54, 1.807) is 6.92 Å². The van der Waals surface area contributed by atoms with E-state index in [1.165, 1.54) is 5.56 Å². The molecule has 1 aromatic rings. The van der Waals surface area contributed by atoms with E-state index >= 15 is 0 Å². The average Bonchev–Trinajstić information content (AvgIpc) is 3.54. The number of carbonyl (C=O) groups is 3. The lowest BCUT2D eigenvalue weighted by Crippen LogP contribution is -2.49. The van der Waals surface area contributed by atoms with Crippen molar-refractivity contribution in [2.75, 3.05) is 26.2 Å². The third kappa shape index (κ3) is 4.78. The fourth-order valence-corrected chi connectivity index (χ4v) is 4.18. The van der Waals surface area contributed by atoms with E-state index in [0.717, 1.165) is 37.3 Å². The van der Waals surface area contributed by atoms with Crippen LogP contribution in [0.2, 0.25) is 0 Å². The fourth-order valence-electron chi connectivity index (χ4n) is 4.18. The third-order valence-corrected chi connectivity index (χ3v) is 6.17. The maximum Gasteiger partial charge on any atom is 0.325 e. The highest BCUT2D eigenvalue weighted by atomic mass is 16.2. The molecule has 0 spiro atoms. The van der Waals surface area contributed by atoms with E-state index < -0.39 is 11.6 Å². The molecule has 0 aromatic heterocycles. The van der Waals surface area contributed by atoms with Gasteiger partial charge in [-0.25, -0.2) is 4.79 Å². The Balaban J connectivity index is 1.58. The fraction of sp³-hybridized carbons (Fsp3) is 0.591. The van der Waals surface area contributed by atoms with Crippen LogP contribution in [0.4, 0.5) is 4.79 Å². The first-order valence-electron chi connectivity index (χ1n) is 10.6. The Morgan fingerprint density at radius 2 is 1.90 bits per heavy atom. The van der Waals surface area contributed by atoms with Crippen LogP contribution in [-0.4, -0.2) is 65.4 Å². The number of nitrogens with zero attached hydrogens (tertiary/aromatic N) is 2. The van der Waals surface area contributed by atoms with Gasteiger partial charge >= 0.3 is 6.03 Å². The van der Waals surface area contributed by atoms with Gasteiger partial charge in [0.15, 0.2) is 0 Å². The smallest absolute Gasteiger partial charge is 0.325 e. The van der Waals surface area contributed by atoms with Crippen molar-refractivity contribution >= 4 is 17.8 Å². The van der Waals surface area contributed by atoms with Gasteiger partial charge in [-0.2, -0.15) is 0 Å². The maximum absolute atomic E-state index is 12.7. The highest BCUT2D eigenvalue weighted by molar-refractivity contribution is 6.09. The molecule has 0 bridgehead atoms. The van der Waals surface area contributed by atoms with E-state index in [4.69, 9.17) is 0 Å². The van der Waals surface area contributed by atoms with Gasteiger partial charge in [0.25, 0.3) is 5.91 Å². The van der Waals surface area contributed by atoms with E-state index in [-0.39, 0.29) is 30.3 Å². The van der Waals surface area contributed by atoms with E-state index in [0.29, 0.717) is 6.54 Å². The zero-order valence-corrected chi connectivity index (χ0v) is 17.6. The Hall–Kier alpha value is -2.41. The number of carbonyl (C=O) groups excluding carboxylic acids is 3. The van der Waals surface area contributed by atoms with Crippen molar-refractivity contribution in [3.63, 3.8) is 0 Å². The first-order valence-corrected chi connectivity index (χ1v) is 10.6. The number of hydrogen-bond acceptors (Lipinski definition) is 4. The number of amides is 4. The van der Waals surface area contributed by atoms with Gasteiger partial charge in [-0.05, 0) is 50.8 Å². The molecule has 4 amide bonds. The molecule has 1 aliphatic heterocycles. The summed E-state index contributed by atoms with van der Waals surface area (Å²) in [6.07, 6.45) is 2.70. The summed E-state index contributed by atoms with van der Waals surface area (Å²) in [5.41, 5.74) is 0.363. The van der Waals surface area contributed by atoms with Crippen LogP contribution in [0.1, 0.15) is 39.2 Å². The highest BCUT2D eigenvalue weighted by Crippen LogP contribution is 2.42. The van der Waals surface area contributed by atoms with Crippen molar-refractivity contribution in [3.05, 3.63) is 35.9 Å². The third-order valence-electron chi connectivity index (χ3n) is 6.17. The number of imide groups is 1. The zero-order valence-electron chi connectivity index (χ0n) is 17.6. The summed E-state index contributed by atoms with van der Waals surface area (Å²) in [7, 11) is 0. The molecular formula is C22H32N4O3. The molecule has 1 aromatic carbocycles. The molecule has 2 fully saturated rings. The Kier molecular flexibility index (Phi) is 6.57. The highest BCUT2D eigenvalue weighted by Gasteiger charge is 2.56. The van der Waals surface area contributed by atoms with Crippen LogP contribution in [0.5, 0.6) is 0 Å². The lowest BCUT2D eigenvalue weighted by atomic mass is 9.96. The number of nitrogens with one attached hydrogen (secondary N) is 2. The van der Waals surface area contributed by atoms with Crippen LogP contribution in [0.3, 0.4) is 0 Å². The van der Waals surface area contributed by atoms with Gasteiger partial charge < -0.3 is 10.6 Å². The van der Waals surface area contributed by atoms with Crippen LogP contribution >= 0.6 is 0 Å². The van der Waals surface area contributed by atoms with E-state index in [1.807, 2.05) is 18.2 Å². The second kappa shape index (κ2) is 8.95. The zero-order chi connectivity index (χ0) is 21.0. The molecule has 2 atom stereocenters. The van der Waals surface area contributed by atoms with E-state index in [9.17, 15) is 14.4 Å². The van der Waals surface area contributed by atoms with Gasteiger partial charge in [-0.3, -0.25) is 19.4 Å². The summed E-state index contributed by atoms with van der Waals surface area (Å²) in [4.78, 5) is 40.8. The molecule has 0 radical (unpaired) electrons. The van der Waals surface area contributed by atoms with Crippen molar-refractivity contribution in [2.45, 2.75) is 51.6 Å². The minimum absolute atomic E-state index is 0.149. The second-order valence-corrected chi connectivity index (χ2v) is 8.17. The molecular weight excluding hydrogens is 368 g/mol. The van der Waals surface area contributed by atoms with Gasteiger partial charge in [0.2, 0.25) is 5.91 Å². The van der Waals surface area contributed by atoms with Crippen molar-refractivity contribution < 1.29 is 14.4 Å². The summed E-state index contributed by atoms with van der Waals surface area (Å²) in [6, 6.07) is 9.88. The molecule has 7 heteroatoms. The Labute approximate surface area is 172 Å². The second-order valence-electron chi connectivity index (χ2n) is 8.17. The Morgan fingerprint density at radius 1 is 1.24 bits per heavy atom. The number of benzene rings is 1. The molecule has 1 aliphatic carbocycles. The minimum atomic E-state index is -0.853. The topological polar surface area (TPSA) is 81.8 Å². The van der Waals surface area contributed by atoms with Gasteiger partial charge in [-0.15, -0.1) is 0 Å². The number of urea groups is 1. The first kappa shape index (κ1) is 21.3. The molecule has 2 aliphatic rings. The van der Waals surface area contributed by atoms with Crippen LogP contribution < -0.4 is 10.6 Å². The molecule has 7 nitrogen and oxygen atoms in total. The van der Waals surface area contributed by atoms with Crippen LogP contribution in [0, 0.1) is 5.92 Å². The maximum atomic E-state index is 12.7. The quantitative estimate of drug-likeness (QED) is 0.587. The van der Waals surface area contributed by atoms with Crippen molar-refractivity contribution in [3.8, 4) is 0 Å². The van der Waals surface area contributed by atoms with Crippen LogP contribution in [0.25, 0.3) is 0 Å². The molecule has 1 heterocycles. The monoisotopic (exact) mass is 400 g/mol. The Bertz CT molecular complexity index is 746. The standard InChI is InChI=1S/C22H32N4O3/c1-4-25(5-2)18(13-16-9-7-6-8-10-16)14-23-19(27)15-26-20(28)22(3,17-11-12-17)24-21(26)29/h6-10,17-18H,4-5,11-15H2,1-3H3,(H,23,27)(H,24,29)/t18-,22-/m1/s1. The predicted octanol–water partition coefficient (Wildman–Crippen LogP) is 1.78. The van der Waals surface area contributed by atoms with Crippen molar-refractivity contribution in [2.24, 2.45) is 5.92 Å². The van der Waals surface area contributed by atoms with Crippen molar-refractivity contribution in [1.29, 1.82) is 0 Å². The van der Waals surface area contributed by atoms with Gasteiger partial charge in [0.05, 0.1) is 0 Å². The summed E-state index contributed by atoms with van der Waals surface area (Å²) in [5.74, 6) is -0.409. The molecule has 2 N–H and O–H groups in total. The average molecular weight is 401 g/mol. The number of hydrogen-bond donors (Lipinski definition) is 2. The van der Waals surface area contributed by atoms with Gasteiger partial charge in [0, 0.05) is 12.6 Å². The summed E-state index contributed by atoms with van der Waals surface area (Å²) in [5, 5.41) is 5.72. The summed E-state index contributed by atoms with van der Waals surface area (Å²) >= 11 is 0. The lowest BCUT2D eigenvalue weighted by molar-refractivity contribution is -0.135. The largest absolute Gasteiger partial charge is 0.353 e.